The highest BCUT2D eigenvalue weighted by atomic mass is 35.5. The minimum absolute atomic E-state index is 0.461. The van der Waals surface area contributed by atoms with Gasteiger partial charge in [0.05, 0.1) is 30.1 Å². The van der Waals surface area contributed by atoms with Gasteiger partial charge in [-0.1, -0.05) is 67.1 Å². The molecule has 4 heterocycles. The number of benzene rings is 2. The number of imidazole rings is 1. The average molecular weight is 512 g/mol. The van der Waals surface area contributed by atoms with Crippen molar-refractivity contribution in [2.24, 2.45) is 0 Å². The Labute approximate surface area is 221 Å². The fourth-order valence-electron chi connectivity index (χ4n) is 5.36. The van der Waals surface area contributed by atoms with Gasteiger partial charge in [-0.2, -0.15) is 0 Å². The Morgan fingerprint density at radius 1 is 0.973 bits per heavy atom. The Morgan fingerprint density at radius 3 is 2.59 bits per heavy atom. The normalized spacial score (nSPS) is 15.4. The van der Waals surface area contributed by atoms with Gasteiger partial charge in [-0.05, 0) is 25.0 Å². The van der Waals surface area contributed by atoms with Crippen molar-refractivity contribution in [3.8, 4) is 22.5 Å². The number of hydrogen-bond acceptors (Lipinski definition) is 5. The molecule has 2 aromatic carbocycles. The van der Waals surface area contributed by atoms with Crippen LogP contribution in [0.2, 0.25) is 5.15 Å². The summed E-state index contributed by atoms with van der Waals surface area (Å²) in [4.78, 5) is 17.0. The fourth-order valence-corrected chi connectivity index (χ4v) is 5.60. The highest BCUT2D eigenvalue weighted by molar-refractivity contribution is 6.33. The molecule has 6 nitrogen and oxygen atoms in total. The monoisotopic (exact) mass is 511 g/mol. The second-order valence-corrected chi connectivity index (χ2v) is 9.89. The minimum atomic E-state index is 0.461. The maximum atomic E-state index is 6.65. The van der Waals surface area contributed by atoms with Gasteiger partial charge in [-0.3, -0.25) is 9.30 Å². The number of pyridine rings is 1. The molecule has 0 radical (unpaired) electrons. The highest BCUT2D eigenvalue weighted by Gasteiger charge is 2.22. The van der Waals surface area contributed by atoms with E-state index in [0.29, 0.717) is 11.2 Å². The summed E-state index contributed by atoms with van der Waals surface area (Å²) in [6.45, 7) is 5.89. The topological polar surface area (TPSA) is 55.5 Å². The first kappa shape index (κ1) is 24.0. The first-order valence-corrected chi connectivity index (χ1v) is 13.4. The molecule has 1 aliphatic rings. The predicted molar refractivity (Wildman–Crippen MR) is 149 cm³/mol. The van der Waals surface area contributed by atoms with Crippen LogP contribution in [0.15, 0.2) is 73.1 Å². The first-order valence-electron chi connectivity index (χ1n) is 13.0. The second kappa shape index (κ2) is 10.6. The van der Waals surface area contributed by atoms with Crippen LogP contribution in [0.4, 0.5) is 0 Å². The van der Waals surface area contributed by atoms with Crippen molar-refractivity contribution < 1.29 is 4.74 Å². The van der Waals surface area contributed by atoms with E-state index in [2.05, 4.69) is 63.7 Å². The zero-order chi connectivity index (χ0) is 25.2. The number of morpholine rings is 1. The lowest BCUT2D eigenvalue weighted by Crippen LogP contribution is -2.43. The van der Waals surface area contributed by atoms with Crippen molar-refractivity contribution in [1.82, 2.24) is 24.3 Å². The van der Waals surface area contributed by atoms with Crippen molar-refractivity contribution in [3.63, 3.8) is 0 Å². The Morgan fingerprint density at radius 2 is 1.78 bits per heavy atom. The second-order valence-electron chi connectivity index (χ2n) is 9.53. The first-order chi connectivity index (χ1) is 18.2. The molecule has 1 aliphatic heterocycles. The SMILES string of the molecule is CC[C@H](CCc1nc(-c2ccc3ccc(-c4ccccc4)nc3c2)c2c(Cl)nccn12)N1CCOCC1. The third kappa shape index (κ3) is 4.85. The van der Waals surface area contributed by atoms with Gasteiger partial charge in [0.25, 0.3) is 0 Å². The predicted octanol–water partition coefficient (Wildman–Crippen LogP) is 6.31. The summed E-state index contributed by atoms with van der Waals surface area (Å²) in [5, 5.41) is 1.55. The standard InChI is InChI=1S/C30H30ClN5O/c1-2-24(35-16-18-37-19-17-35)11-13-27-34-28(29-30(31)32-14-15-36(27)29)23-9-8-22-10-12-25(33-26(22)20-23)21-6-4-3-5-7-21/h3-10,12,14-15,20,24H,2,11,13,16-19H2,1H3/t24-/m1/s1. The molecule has 0 saturated carbocycles. The van der Waals surface area contributed by atoms with Crippen LogP contribution < -0.4 is 0 Å². The molecule has 6 rings (SSSR count). The highest BCUT2D eigenvalue weighted by Crippen LogP contribution is 2.32. The molecule has 1 saturated heterocycles. The Hall–Kier alpha value is -3.32. The Bertz CT molecular complexity index is 1530. The maximum absolute atomic E-state index is 6.65. The number of aromatic nitrogens is 4. The third-order valence-corrected chi connectivity index (χ3v) is 7.63. The molecule has 0 N–H and O–H groups in total. The summed E-state index contributed by atoms with van der Waals surface area (Å²) in [7, 11) is 0. The molecule has 5 aromatic rings. The number of nitrogens with zero attached hydrogens (tertiary/aromatic N) is 5. The molecule has 1 fully saturated rings. The number of ether oxygens (including phenoxy) is 1. The number of hydrogen-bond donors (Lipinski definition) is 0. The van der Waals surface area contributed by atoms with Gasteiger partial charge < -0.3 is 4.74 Å². The molecular weight excluding hydrogens is 482 g/mol. The maximum Gasteiger partial charge on any atom is 0.155 e. The van der Waals surface area contributed by atoms with Gasteiger partial charge in [-0.25, -0.2) is 15.0 Å². The number of rotatable bonds is 7. The summed E-state index contributed by atoms with van der Waals surface area (Å²) in [6, 6.07) is 21.3. The van der Waals surface area contributed by atoms with Gasteiger partial charge in [0.15, 0.2) is 5.15 Å². The lowest BCUT2D eigenvalue weighted by atomic mass is 10.1. The van der Waals surface area contributed by atoms with E-state index in [9.17, 15) is 0 Å². The molecule has 3 aromatic heterocycles. The zero-order valence-electron chi connectivity index (χ0n) is 21.0. The van der Waals surface area contributed by atoms with E-state index < -0.39 is 0 Å². The summed E-state index contributed by atoms with van der Waals surface area (Å²) in [5.41, 5.74) is 5.67. The van der Waals surface area contributed by atoms with Crippen molar-refractivity contribution >= 4 is 28.0 Å². The molecule has 1 atom stereocenters. The molecule has 188 valence electrons. The number of halogens is 1. The molecule has 37 heavy (non-hydrogen) atoms. The Kier molecular flexibility index (Phi) is 6.87. The van der Waals surface area contributed by atoms with Crippen molar-refractivity contribution in [2.45, 2.75) is 32.2 Å². The quantitative estimate of drug-likeness (QED) is 0.256. The van der Waals surface area contributed by atoms with E-state index in [4.69, 9.17) is 26.3 Å². The van der Waals surface area contributed by atoms with Crippen LogP contribution >= 0.6 is 11.6 Å². The van der Waals surface area contributed by atoms with Crippen LogP contribution in [0.3, 0.4) is 0 Å². The van der Waals surface area contributed by atoms with E-state index in [0.717, 1.165) is 90.3 Å². The van der Waals surface area contributed by atoms with Gasteiger partial charge in [0.1, 0.15) is 11.3 Å². The molecule has 0 aliphatic carbocycles. The van der Waals surface area contributed by atoms with Crippen LogP contribution in [0, 0.1) is 0 Å². The lowest BCUT2D eigenvalue weighted by Gasteiger charge is -2.34. The van der Waals surface area contributed by atoms with Crippen molar-refractivity contribution in [1.29, 1.82) is 0 Å². The molecule has 0 amide bonds. The third-order valence-electron chi connectivity index (χ3n) is 7.35. The average Bonchev–Trinajstić information content (AvgIpc) is 3.34. The summed E-state index contributed by atoms with van der Waals surface area (Å²) < 4.78 is 7.66. The van der Waals surface area contributed by atoms with E-state index >= 15 is 0 Å². The van der Waals surface area contributed by atoms with Crippen LogP contribution in [0.25, 0.3) is 38.9 Å². The summed E-state index contributed by atoms with van der Waals surface area (Å²) >= 11 is 6.65. The molecular formula is C30H30ClN5O. The molecule has 0 bridgehead atoms. The van der Waals surface area contributed by atoms with Gasteiger partial charge in [0, 0.05) is 54.5 Å². The van der Waals surface area contributed by atoms with Crippen LogP contribution in [0.1, 0.15) is 25.6 Å². The fraction of sp³-hybridized carbons (Fsp3) is 0.300. The van der Waals surface area contributed by atoms with E-state index in [-0.39, 0.29) is 0 Å². The van der Waals surface area contributed by atoms with Crippen LogP contribution in [0.5, 0.6) is 0 Å². The van der Waals surface area contributed by atoms with Gasteiger partial charge in [0.2, 0.25) is 0 Å². The van der Waals surface area contributed by atoms with E-state index in [1.807, 2.05) is 24.4 Å². The summed E-state index contributed by atoms with van der Waals surface area (Å²) in [6.07, 6.45) is 6.72. The molecule has 0 unspecified atom stereocenters. The van der Waals surface area contributed by atoms with Gasteiger partial charge >= 0.3 is 0 Å². The van der Waals surface area contributed by atoms with Gasteiger partial charge in [-0.15, -0.1) is 0 Å². The minimum Gasteiger partial charge on any atom is -0.379 e. The summed E-state index contributed by atoms with van der Waals surface area (Å²) in [5.74, 6) is 1.01. The van der Waals surface area contributed by atoms with Crippen molar-refractivity contribution in [2.75, 3.05) is 26.3 Å². The number of aryl methyl sites for hydroxylation is 1. The Balaban J connectivity index is 1.36. The molecule has 0 spiro atoms. The number of fused-ring (bicyclic) bond motifs is 2. The molecule has 7 heteroatoms. The van der Waals surface area contributed by atoms with E-state index in [1.54, 1.807) is 6.20 Å². The zero-order valence-corrected chi connectivity index (χ0v) is 21.7. The lowest BCUT2D eigenvalue weighted by molar-refractivity contribution is 0.0139. The smallest absolute Gasteiger partial charge is 0.155 e. The van der Waals surface area contributed by atoms with Crippen LogP contribution in [-0.2, 0) is 11.2 Å². The van der Waals surface area contributed by atoms with Crippen molar-refractivity contribution in [3.05, 3.63) is 84.0 Å². The van der Waals surface area contributed by atoms with E-state index in [1.165, 1.54) is 0 Å². The largest absolute Gasteiger partial charge is 0.379 e. The van der Waals surface area contributed by atoms with Crippen LogP contribution in [-0.4, -0.2) is 56.6 Å².